The maximum atomic E-state index is 12.9. The van der Waals surface area contributed by atoms with Crippen molar-refractivity contribution in [2.24, 2.45) is 4.99 Å². The Kier molecular flexibility index (Phi) is 8.04. The number of nitrogens with zero attached hydrogens (tertiary/aromatic N) is 3. The first-order chi connectivity index (χ1) is 17.7. The number of amides is 1. The summed E-state index contributed by atoms with van der Waals surface area (Å²) >= 11 is 4.69. The number of halogens is 1. The number of amidine groups is 1. The van der Waals surface area contributed by atoms with Gasteiger partial charge in [0, 0.05) is 29.2 Å². The minimum atomic E-state index is -0.452. The number of aliphatic imine (C=N–C) groups is 1. The Morgan fingerprint density at radius 2 is 1.84 bits per heavy atom. The van der Waals surface area contributed by atoms with E-state index in [0.717, 1.165) is 10.0 Å². The summed E-state index contributed by atoms with van der Waals surface area (Å²) in [6.07, 6.45) is 1.74. The number of carbonyl (C=O) groups is 2. The van der Waals surface area contributed by atoms with E-state index in [9.17, 15) is 19.7 Å². The number of non-ortho nitro benzene ring substituents is 1. The van der Waals surface area contributed by atoms with Crippen LogP contribution >= 0.6 is 27.7 Å². The van der Waals surface area contributed by atoms with E-state index >= 15 is 0 Å². The van der Waals surface area contributed by atoms with E-state index in [2.05, 4.69) is 20.9 Å². The van der Waals surface area contributed by atoms with Crippen LogP contribution in [0.3, 0.4) is 0 Å². The highest BCUT2D eigenvalue weighted by Crippen LogP contribution is 2.35. The molecule has 0 unspecified atom stereocenters. The fraction of sp³-hybridized carbons (Fsp3) is 0.115. The fourth-order valence-electron chi connectivity index (χ4n) is 3.33. The van der Waals surface area contributed by atoms with Crippen LogP contribution in [0.4, 0.5) is 11.4 Å². The number of carbonyl (C=O) groups excluding carboxylic acids is 2. The Labute approximate surface area is 225 Å². The zero-order chi connectivity index (χ0) is 26.5. The van der Waals surface area contributed by atoms with Crippen molar-refractivity contribution < 1.29 is 24.0 Å². The summed E-state index contributed by atoms with van der Waals surface area (Å²) < 4.78 is 11.5. The Bertz CT molecular complexity index is 1420. The maximum Gasteiger partial charge on any atom is 0.337 e. The number of hydrogen-bond acceptors (Lipinski definition) is 8. The number of thioether (sulfide) groups is 1. The molecular formula is C26H20BrN3O6S. The highest BCUT2D eigenvalue weighted by Gasteiger charge is 2.30. The minimum absolute atomic E-state index is 0.00980. The van der Waals surface area contributed by atoms with E-state index < -0.39 is 10.9 Å². The van der Waals surface area contributed by atoms with Gasteiger partial charge in [-0.3, -0.25) is 19.8 Å². The van der Waals surface area contributed by atoms with Gasteiger partial charge in [-0.2, -0.15) is 0 Å². The first kappa shape index (κ1) is 26.1. The number of methoxy groups -OCH3 is 1. The molecule has 1 aliphatic rings. The van der Waals surface area contributed by atoms with Crippen LogP contribution in [-0.2, 0) is 16.1 Å². The Morgan fingerprint density at radius 3 is 2.49 bits per heavy atom. The highest BCUT2D eigenvalue weighted by atomic mass is 79.9. The number of nitro benzene ring substituents is 1. The molecule has 0 atom stereocenters. The summed E-state index contributed by atoms with van der Waals surface area (Å²) in [6, 6.07) is 18.2. The summed E-state index contributed by atoms with van der Waals surface area (Å²) in [7, 11) is 2.96. The monoisotopic (exact) mass is 581 g/mol. The zero-order valence-electron chi connectivity index (χ0n) is 19.7. The van der Waals surface area contributed by atoms with Gasteiger partial charge < -0.3 is 9.47 Å². The van der Waals surface area contributed by atoms with Crippen molar-refractivity contribution in [1.29, 1.82) is 0 Å². The van der Waals surface area contributed by atoms with Gasteiger partial charge in [-0.1, -0.05) is 15.9 Å². The van der Waals surface area contributed by atoms with Crippen molar-refractivity contribution in [2.45, 2.75) is 6.61 Å². The van der Waals surface area contributed by atoms with Crippen LogP contribution in [0.15, 0.2) is 81.1 Å². The molecule has 0 bridgehead atoms. The van der Waals surface area contributed by atoms with E-state index in [1.807, 2.05) is 12.1 Å². The number of rotatable bonds is 7. The molecule has 0 aliphatic carbocycles. The van der Waals surface area contributed by atoms with Gasteiger partial charge in [0.05, 0.1) is 28.2 Å². The normalized spacial score (nSPS) is 15.3. The second kappa shape index (κ2) is 11.4. The largest absolute Gasteiger partial charge is 0.488 e. The molecule has 1 fully saturated rings. The van der Waals surface area contributed by atoms with Crippen molar-refractivity contribution in [3.8, 4) is 5.75 Å². The predicted molar refractivity (Wildman–Crippen MR) is 145 cm³/mol. The molecule has 188 valence electrons. The van der Waals surface area contributed by atoms with Crippen LogP contribution in [0.1, 0.15) is 21.5 Å². The van der Waals surface area contributed by atoms with Crippen LogP contribution < -0.4 is 4.74 Å². The number of ether oxygens (including phenoxy) is 2. The average molecular weight is 582 g/mol. The third-order valence-corrected chi connectivity index (χ3v) is 6.87. The van der Waals surface area contributed by atoms with E-state index in [4.69, 9.17) is 9.47 Å². The lowest BCUT2D eigenvalue weighted by Crippen LogP contribution is -2.23. The van der Waals surface area contributed by atoms with Crippen LogP contribution in [0.25, 0.3) is 6.08 Å². The van der Waals surface area contributed by atoms with Gasteiger partial charge in [0.1, 0.15) is 12.4 Å². The molecule has 3 aromatic rings. The zero-order valence-corrected chi connectivity index (χ0v) is 22.1. The lowest BCUT2D eigenvalue weighted by atomic mass is 10.1. The summed E-state index contributed by atoms with van der Waals surface area (Å²) in [5, 5.41) is 11.4. The molecule has 0 spiro atoms. The quantitative estimate of drug-likeness (QED) is 0.146. The molecule has 0 aromatic heterocycles. The van der Waals surface area contributed by atoms with Crippen molar-refractivity contribution in [2.75, 3.05) is 14.2 Å². The third-order valence-electron chi connectivity index (χ3n) is 5.32. The molecule has 9 nitrogen and oxygen atoms in total. The van der Waals surface area contributed by atoms with E-state index in [-0.39, 0.29) is 18.2 Å². The molecule has 1 amide bonds. The van der Waals surface area contributed by atoms with Crippen molar-refractivity contribution in [1.82, 2.24) is 4.90 Å². The van der Waals surface area contributed by atoms with Crippen molar-refractivity contribution in [3.05, 3.63) is 103 Å². The van der Waals surface area contributed by atoms with Gasteiger partial charge >= 0.3 is 5.97 Å². The third kappa shape index (κ3) is 6.25. The molecule has 0 N–H and O–H groups in total. The fourth-order valence-corrected chi connectivity index (χ4v) is 4.69. The molecule has 1 heterocycles. The van der Waals surface area contributed by atoms with Gasteiger partial charge in [-0.05, 0) is 78.0 Å². The van der Waals surface area contributed by atoms with Gasteiger partial charge in [-0.15, -0.1) is 0 Å². The van der Waals surface area contributed by atoms with Crippen LogP contribution in [0.5, 0.6) is 5.75 Å². The van der Waals surface area contributed by atoms with Crippen LogP contribution in [0, 0.1) is 10.1 Å². The number of likely N-dealkylation sites (N-methyl/N-ethyl adjacent to an activating group) is 1. The van der Waals surface area contributed by atoms with Gasteiger partial charge in [-0.25, -0.2) is 9.79 Å². The molecule has 1 saturated heterocycles. The van der Waals surface area contributed by atoms with Crippen LogP contribution in [-0.4, -0.2) is 41.0 Å². The van der Waals surface area contributed by atoms with E-state index in [0.29, 0.717) is 32.6 Å². The molecular weight excluding hydrogens is 562 g/mol. The van der Waals surface area contributed by atoms with Gasteiger partial charge in [0.15, 0.2) is 5.17 Å². The van der Waals surface area contributed by atoms with Gasteiger partial charge in [0.2, 0.25) is 0 Å². The highest BCUT2D eigenvalue weighted by molar-refractivity contribution is 9.10. The molecule has 0 radical (unpaired) electrons. The van der Waals surface area contributed by atoms with Crippen molar-refractivity contribution >= 4 is 62.2 Å². The second-order valence-electron chi connectivity index (χ2n) is 7.80. The SMILES string of the molecule is COC(=O)c1ccc(N=C2S/C(=C\c3cc(Br)ccc3OCc3ccc([N+](=O)[O-])cc3)C(=O)N2C)cc1. The van der Waals surface area contributed by atoms with Crippen molar-refractivity contribution in [3.63, 3.8) is 0 Å². The smallest absolute Gasteiger partial charge is 0.337 e. The first-order valence-electron chi connectivity index (χ1n) is 10.9. The molecule has 3 aromatic carbocycles. The summed E-state index contributed by atoms with van der Waals surface area (Å²) in [5.74, 6) is -0.0993. The Balaban J connectivity index is 1.54. The number of hydrogen-bond donors (Lipinski definition) is 0. The van der Waals surface area contributed by atoms with Crippen LogP contribution in [0.2, 0.25) is 0 Å². The number of benzene rings is 3. The Hall–Kier alpha value is -3.96. The van der Waals surface area contributed by atoms with E-state index in [1.54, 1.807) is 55.6 Å². The minimum Gasteiger partial charge on any atom is -0.488 e. The van der Waals surface area contributed by atoms with Gasteiger partial charge in [0.25, 0.3) is 11.6 Å². The molecule has 1 aliphatic heterocycles. The molecule has 11 heteroatoms. The summed E-state index contributed by atoms with van der Waals surface area (Å²) in [5.41, 5.74) is 2.46. The number of nitro groups is 1. The lowest BCUT2D eigenvalue weighted by molar-refractivity contribution is -0.384. The summed E-state index contributed by atoms with van der Waals surface area (Å²) in [6.45, 7) is 0.199. The maximum absolute atomic E-state index is 12.9. The summed E-state index contributed by atoms with van der Waals surface area (Å²) in [4.78, 5) is 41.5. The average Bonchev–Trinajstić information content (AvgIpc) is 3.16. The molecule has 0 saturated carbocycles. The number of esters is 1. The second-order valence-corrected chi connectivity index (χ2v) is 9.73. The predicted octanol–water partition coefficient (Wildman–Crippen LogP) is 5.96. The standard InChI is InChI=1S/C26H20BrN3O6S/c1-29-24(31)23(37-26(29)28-20-8-5-17(6-9-20)25(32)35-2)14-18-13-19(27)7-12-22(18)36-15-16-3-10-21(11-4-16)30(33)34/h3-14H,15H2,1-2H3/b23-14-,28-26?. The lowest BCUT2D eigenvalue weighted by Gasteiger charge is -2.10. The molecule has 4 rings (SSSR count). The first-order valence-corrected chi connectivity index (χ1v) is 12.5. The van der Waals surface area contributed by atoms with E-state index in [1.165, 1.54) is 35.9 Å². The topological polar surface area (TPSA) is 111 Å². The molecule has 37 heavy (non-hydrogen) atoms. The Morgan fingerprint density at radius 1 is 1.14 bits per heavy atom.